The molecule has 1 aromatic rings. The summed E-state index contributed by atoms with van der Waals surface area (Å²) in [5.41, 5.74) is 0.197. The van der Waals surface area contributed by atoms with E-state index in [1.807, 2.05) is 0 Å². The number of hydrogen-bond acceptors (Lipinski definition) is 1. The normalized spacial score (nSPS) is 9.30. The number of benzene rings is 1. The zero-order valence-corrected chi connectivity index (χ0v) is 6.59. The van der Waals surface area contributed by atoms with Crippen molar-refractivity contribution in [1.82, 2.24) is 0 Å². The molecule has 1 radical (unpaired) electrons. The van der Waals surface area contributed by atoms with Gasteiger partial charge in [-0.15, -0.1) is 0 Å². The second-order valence-corrected chi connectivity index (χ2v) is 2.71. The molecule has 2 nitrogen and oxygen atoms in total. The predicted octanol–water partition coefficient (Wildman–Crippen LogP) is 2.02. The molecule has 0 saturated carbocycles. The van der Waals surface area contributed by atoms with Gasteiger partial charge in [0.15, 0.2) is 0 Å². The minimum atomic E-state index is -1.15. The van der Waals surface area contributed by atoms with Crippen molar-refractivity contribution in [3.05, 3.63) is 34.3 Å². The van der Waals surface area contributed by atoms with Crippen LogP contribution >= 0.6 is 15.9 Å². The summed E-state index contributed by atoms with van der Waals surface area (Å²) in [5, 5.41) is 10.2. The Balaban J connectivity index is 3.00. The zero-order chi connectivity index (χ0) is 7.56. The molecule has 1 rings (SSSR count). The number of carbonyl (C=O) groups excluding carboxylic acids is 1. The van der Waals surface area contributed by atoms with E-state index in [-0.39, 0.29) is 5.56 Å². The van der Waals surface area contributed by atoms with Crippen LogP contribution in [0, 0.1) is 0 Å². The van der Waals surface area contributed by atoms with Crippen molar-refractivity contribution in [3.8, 4) is 0 Å². The Kier molecular flexibility index (Phi) is 2.06. The lowest BCUT2D eigenvalue weighted by Crippen LogP contribution is -1.91. The first-order chi connectivity index (χ1) is 4.70. The van der Waals surface area contributed by atoms with Gasteiger partial charge in [-0.1, -0.05) is 15.9 Å². The van der Waals surface area contributed by atoms with Crippen LogP contribution in [0.5, 0.6) is 0 Å². The third kappa shape index (κ3) is 1.57. The Labute approximate surface area is 66.6 Å². The minimum Gasteiger partial charge on any atom is -0.242 e. The van der Waals surface area contributed by atoms with E-state index in [1.54, 1.807) is 12.1 Å². The fourth-order valence-electron chi connectivity index (χ4n) is 0.586. The second kappa shape index (κ2) is 2.84. The fraction of sp³-hybridized carbons (Fsp3) is 0. The molecular weight excluding hydrogens is 196 g/mol. The molecule has 3 heteroatoms. The molecule has 10 heavy (non-hydrogen) atoms. The van der Waals surface area contributed by atoms with Crippen LogP contribution in [-0.2, 0) is 5.11 Å². The predicted molar refractivity (Wildman–Crippen MR) is 39.2 cm³/mol. The van der Waals surface area contributed by atoms with Gasteiger partial charge in [-0.25, -0.2) is 9.90 Å². The van der Waals surface area contributed by atoms with Crippen LogP contribution < -0.4 is 0 Å². The van der Waals surface area contributed by atoms with E-state index in [2.05, 4.69) is 15.9 Å². The van der Waals surface area contributed by atoms with Crippen molar-refractivity contribution in [2.75, 3.05) is 0 Å². The van der Waals surface area contributed by atoms with Crippen LogP contribution in [0.1, 0.15) is 10.4 Å². The molecule has 0 bridgehead atoms. The van der Waals surface area contributed by atoms with E-state index in [0.29, 0.717) is 0 Å². The van der Waals surface area contributed by atoms with Gasteiger partial charge in [0.05, 0.1) is 5.56 Å². The molecule has 0 aromatic heterocycles. The van der Waals surface area contributed by atoms with Crippen molar-refractivity contribution in [2.24, 2.45) is 0 Å². The van der Waals surface area contributed by atoms with Crippen molar-refractivity contribution in [1.29, 1.82) is 0 Å². The van der Waals surface area contributed by atoms with Crippen LogP contribution in [0.15, 0.2) is 28.7 Å². The van der Waals surface area contributed by atoms with E-state index in [0.717, 1.165) is 4.47 Å². The Morgan fingerprint density at radius 2 is 1.70 bits per heavy atom. The van der Waals surface area contributed by atoms with Gasteiger partial charge < -0.3 is 0 Å². The van der Waals surface area contributed by atoms with E-state index in [1.165, 1.54) is 12.1 Å². The molecule has 0 aliphatic rings. The van der Waals surface area contributed by atoms with Gasteiger partial charge in [-0.3, -0.25) is 0 Å². The quantitative estimate of drug-likeness (QED) is 0.683. The maximum Gasteiger partial charge on any atom is 0.386 e. The fourth-order valence-corrected chi connectivity index (χ4v) is 0.850. The topological polar surface area (TPSA) is 37.0 Å². The Morgan fingerprint density at radius 1 is 1.20 bits per heavy atom. The lowest BCUT2D eigenvalue weighted by atomic mass is 10.2. The molecule has 0 saturated heterocycles. The lowest BCUT2D eigenvalue weighted by Gasteiger charge is -1.89. The number of carbonyl (C=O) groups is 1. The van der Waals surface area contributed by atoms with Gasteiger partial charge >= 0.3 is 5.97 Å². The van der Waals surface area contributed by atoms with E-state index in [9.17, 15) is 9.90 Å². The molecular formula is C7H4BrO2. The highest BCUT2D eigenvalue weighted by Crippen LogP contribution is 2.09. The van der Waals surface area contributed by atoms with Crippen LogP contribution in [-0.4, -0.2) is 5.97 Å². The lowest BCUT2D eigenvalue weighted by molar-refractivity contribution is 0.0573. The first kappa shape index (κ1) is 7.28. The molecule has 1 aromatic carbocycles. The smallest absolute Gasteiger partial charge is 0.242 e. The summed E-state index contributed by atoms with van der Waals surface area (Å²) in [7, 11) is 0. The van der Waals surface area contributed by atoms with Gasteiger partial charge in [0.1, 0.15) is 0 Å². The third-order valence-electron chi connectivity index (χ3n) is 1.08. The standard InChI is InChI=1S/C7H4BrO2/c8-6-3-1-5(2-4-6)7(9)10/h1-4H. The zero-order valence-electron chi connectivity index (χ0n) is 5.00. The largest absolute Gasteiger partial charge is 0.386 e. The highest BCUT2D eigenvalue weighted by atomic mass is 79.9. The second-order valence-electron chi connectivity index (χ2n) is 1.79. The molecule has 0 fully saturated rings. The average Bonchev–Trinajstić information content (AvgIpc) is 1.88. The monoisotopic (exact) mass is 199 g/mol. The van der Waals surface area contributed by atoms with E-state index >= 15 is 0 Å². The Bertz CT molecular complexity index is 240. The molecule has 0 amide bonds. The summed E-state index contributed by atoms with van der Waals surface area (Å²) in [6, 6.07) is 6.29. The first-order valence-corrected chi connectivity index (χ1v) is 3.46. The molecule has 0 unspecified atom stereocenters. The molecule has 0 aliphatic carbocycles. The van der Waals surface area contributed by atoms with Crippen molar-refractivity contribution >= 4 is 21.9 Å². The summed E-state index contributed by atoms with van der Waals surface area (Å²) < 4.78 is 0.859. The maximum atomic E-state index is 10.2. The maximum absolute atomic E-state index is 10.2. The molecule has 51 valence electrons. The summed E-state index contributed by atoms with van der Waals surface area (Å²) in [6.45, 7) is 0. The molecule has 0 atom stereocenters. The first-order valence-electron chi connectivity index (χ1n) is 2.67. The molecule has 0 heterocycles. The highest BCUT2D eigenvalue weighted by molar-refractivity contribution is 9.10. The van der Waals surface area contributed by atoms with Crippen molar-refractivity contribution in [3.63, 3.8) is 0 Å². The third-order valence-corrected chi connectivity index (χ3v) is 1.61. The molecule has 0 N–H and O–H groups in total. The number of hydrogen-bond donors (Lipinski definition) is 0. The summed E-state index contributed by atoms with van der Waals surface area (Å²) >= 11 is 3.18. The van der Waals surface area contributed by atoms with Gasteiger partial charge in [0.25, 0.3) is 0 Å². The summed E-state index contributed by atoms with van der Waals surface area (Å²) in [4.78, 5) is 10.2. The van der Waals surface area contributed by atoms with Crippen molar-refractivity contribution < 1.29 is 9.90 Å². The Hall–Kier alpha value is -0.830. The minimum absolute atomic E-state index is 0.197. The highest BCUT2D eigenvalue weighted by Gasteiger charge is 2.01. The summed E-state index contributed by atoms with van der Waals surface area (Å²) in [5.74, 6) is -1.15. The molecule has 0 aliphatic heterocycles. The van der Waals surface area contributed by atoms with Crippen molar-refractivity contribution in [2.45, 2.75) is 0 Å². The van der Waals surface area contributed by atoms with E-state index < -0.39 is 5.97 Å². The van der Waals surface area contributed by atoms with Crippen LogP contribution in [0.25, 0.3) is 0 Å². The Morgan fingerprint density at radius 3 is 2.10 bits per heavy atom. The summed E-state index contributed by atoms with van der Waals surface area (Å²) in [6.07, 6.45) is 0. The van der Waals surface area contributed by atoms with Crippen LogP contribution in [0.4, 0.5) is 0 Å². The van der Waals surface area contributed by atoms with Gasteiger partial charge in [-0.05, 0) is 24.3 Å². The van der Waals surface area contributed by atoms with Crippen LogP contribution in [0.2, 0.25) is 0 Å². The number of halogens is 1. The van der Waals surface area contributed by atoms with Gasteiger partial charge in [-0.2, -0.15) is 0 Å². The number of rotatable bonds is 1. The SMILES string of the molecule is [O]C(=O)c1ccc(Br)cc1. The van der Waals surface area contributed by atoms with Gasteiger partial charge in [0, 0.05) is 4.47 Å². The van der Waals surface area contributed by atoms with Gasteiger partial charge in [0.2, 0.25) is 0 Å². The van der Waals surface area contributed by atoms with E-state index in [4.69, 9.17) is 0 Å². The van der Waals surface area contributed by atoms with Crippen LogP contribution in [0.3, 0.4) is 0 Å². The molecule has 0 spiro atoms. The average molecular weight is 200 g/mol.